The molecule has 0 amide bonds. The second kappa shape index (κ2) is 9.48. The molecule has 0 saturated carbocycles. The van der Waals surface area contributed by atoms with Crippen molar-refractivity contribution in [1.82, 2.24) is 9.97 Å². The van der Waals surface area contributed by atoms with E-state index in [0.29, 0.717) is 0 Å². The summed E-state index contributed by atoms with van der Waals surface area (Å²) in [5.41, 5.74) is 12.3. The normalized spacial score (nSPS) is 11.5. The maximum atomic E-state index is 4.99. The lowest BCUT2D eigenvalue weighted by molar-refractivity contribution is 1.23. The van der Waals surface area contributed by atoms with Crippen molar-refractivity contribution in [1.29, 1.82) is 0 Å². The largest absolute Gasteiger partial charge is 0.251 e. The maximum absolute atomic E-state index is 4.99. The Labute approximate surface area is 218 Å². The average Bonchev–Trinajstić information content (AvgIpc) is 2.92. The number of aromatic nitrogens is 2. The highest BCUT2D eigenvalue weighted by Crippen LogP contribution is 2.36. The van der Waals surface area contributed by atoms with Crippen LogP contribution in [0.2, 0.25) is 0 Å². The van der Waals surface area contributed by atoms with Gasteiger partial charge >= 0.3 is 0 Å². The minimum atomic E-state index is 0.953. The second-order valence-corrected chi connectivity index (χ2v) is 9.72. The van der Waals surface area contributed by atoms with Gasteiger partial charge in [0.15, 0.2) is 0 Å². The van der Waals surface area contributed by atoms with Crippen molar-refractivity contribution in [2.75, 3.05) is 0 Å². The van der Waals surface area contributed by atoms with E-state index < -0.39 is 0 Å². The number of rotatable bonds is 4. The summed E-state index contributed by atoms with van der Waals surface area (Å²) in [4.78, 5) is 9.97. The van der Waals surface area contributed by atoms with Crippen LogP contribution in [0, 0.1) is 20.8 Å². The zero-order chi connectivity index (χ0) is 25.4. The molecule has 178 valence electrons. The molecule has 0 aliphatic carbocycles. The molecule has 6 rings (SSSR count). The summed E-state index contributed by atoms with van der Waals surface area (Å²) < 4.78 is 0. The van der Waals surface area contributed by atoms with Crippen LogP contribution in [-0.2, 0) is 0 Å². The lowest BCUT2D eigenvalue weighted by atomic mass is 9.94. The number of fused-ring (bicyclic) bond motifs is 3. The van der Waals surface area contributed by atoms with Crippen molar-refractivity contribution in [2.45, 2.75) is 20.8 Å². The minimum Gasteiger partial charge on any atom is -0.251 e. The van der Waals surface area contributed by atoms with E-state index in [1.165, 1.54) is 38.9 Å². The van der Waals surface area contributed by atoms with Crippen LogP contribution in [0.25, 0.3) is 56.2 Å². The van der Waals surface area contributed by atoms with E-state index in [-0.39, 0.29) is 0 Å². The number of benzene rings is 4. The molecule has 2 heteroatoms. The van der Waals surface area contributed by atoms with E-state index in [4.69, 9.17) is 9.97 Å². The highest BCUT2D eigenvalue weighted by atomic mass is 14.8. The zero-order valence-corrected chi connectivity index (χ0v) is 21.4. The quantitative estimate of drug-likeness (QED) is 0.187. The first-order valence-corrected chi connectivity index (χ1v) is 12.7. The Bertz CT molecular complexity index is 1780. The molecule has 2 aromatic heterocycles. The highest BCUT2D eigenvalue weighted by molar-refractivity contribution is 6.12. The molecule has 0 N–H and O–H groups in total. The van der Waals surface area contributed by atoms with Gasteiger partial charge in [-0.3, -0.25) is 9.97 Å². The van der Waals surface area contributed by atoms with Gasteiger partial charge in [-0.1, -0.05) is 103 Å². The first kappa shape index (κ1) is 22.9. The molecule has 2 heterocycles. The third-order valence-electron chi connectivity index (χ3n) is 6.84. The number of nitrogens with zero attached hydrogens (tertiary/aromatic N) is 2. The Morgan fingerprint density at radius 2 is 1.05 bits per heavy atom. The van der Waals surface area contributed by atoms with E-state index >= 15 is 0 Å². The summed E-state index contributed by atoms with van der Waals surface area (Å²) >= 11 is 0. The van der Waals surface area contributed by atoms with Crippen molar-refractivity contribution in [3.8, 4) is 22.3 Å². The van der Waals surface area contributed by atoms with Crippen molar-refractivity contribution in [3.63, 3.8) is 0 Å². The van der Waals surface area contributed by atoms with E-state index in [2.05, 4.69) is 136 Å². The standard InChI is InChI=1S/C35H28N2/c1-23-12-14-26(15-13-23)16-17-27-8-7-11-29(22-27)33-21-25(3)37-35-31(33)19-18-30-32(20-24(2)36-34(30)35)28-9-5-4-6-10-28/h4-22H,1-3H3/b17-16+. The molecule has 2 nitrogen and oxygen atoms in total. The Morgan fingerprint density at radius 1 is 0.486 bits per heavy atom. The van der Waals surface area contributed by atoms with Gasteiger partial charge in [-0.2, -0.15) is 0 Å². The maximum Gasteiger partial charge on any atom is 0.0974 e. The van der Waals surface area contributed by atoms with Gasteiger partial charge in [0.05, 0.1) is 11.0 Å². The second-order valence-electron chi connectivity index (χ2n) is 9.72. The molecular formula is C35H28N2. The van der Waals surface area contributed by atoms with Crippen molar-refractivity contribution >= 4 is 34.0 Å². The number of pyridine rings is 2. The summed E-state index contributed by atoms with van der Waals surface area (Å²) in [7, 11) is 0. The van der Waals surface area contributed by atoms with Crippen LogP contribution >= 0.6 is 0 Å². The molecule has 0 radical (unpaired) electrons. The summed E-state index contributed by atoms with van der Waals surface area (Å²) in [6.45, 7) is 6.24. The Morgan fingerprint density at radius 3 is 1.70 bits per heavy atom. The van der Waals surface area contributed by atoms with Gasteiger partial charge in [-0.25, -0.2) is 0 Å². The smallest absolute Gasteiger partial charge is 0.0974 e. The van der Waals surface area contributed by atoms with Gasteiger partial charge in [0.2, 0.25) is 0 Å². The lowest BCUT2D eigenvalue weighted by Crippen LogP contribution is -1.94. The van der Waals surface area contributed by atoms with Gasteiger partial charge in [0.25, 0.3) is 0 Å². The Balaban J connectivity index is 1.50. The SMILES string of the molecule is Cc1ccc(/C=C/c2cccc(-c3cc(C)nc4c3ccc3c(-c5ccccc5)cc(C)nc34)c2)cc1. The average molecular weight is 477 g/mol. The van der Waals surface area contributed by atoms with E-state index in [0.717, 1.165) is 33.2 Å². The summed E-state index contributed by atoms with van der Waals surface area (Å²) in [6.07, 6.45) is 4.34. The minimum absolute atomic E-state index is 0.953. The Kier molecular flexibility index (Phi) is 5.86. The molecule has 0 saturated heterocycles. The van der Waals surface area contributed by atoms with Crippen LogP contribution in [-0.4, -0.2) is 9.97 Å². The third-order valence-corrected chi connectivity index (χ3v) is 6.84. The number of aryl methyl sites for hydroxylation is 3. The fourth-order valence-electron chi connectivity index (χ4n) is 5.01. The first-order chi connectivity index (χ1) is 18.0. The molecule has 0 atom stereocenters. The van der Waals surface area contributed by atoms with E-state index in [1.807, 2.05) is 0 Å². The molecule has 0 fully saturated rings. The van der Waals surface area contributed by atoms with Crippen molar-refractivity contribution < 1.29 is 0 Å². The number of hydrogen-bond acceptors (Lipinski definition) is 2. The molecule has 0 bridgehead atoms. The predicted octanol–water partition coefficient (Wildman–Crippen LogP) is 9.21. The predicted molar refractivity (Wildman–Crippen MR) is 157 cm³/mol. The highest BCUT2D eigenvalue weighted by Gasteiger charge is 2.14. The fourth-order valence-corrected chi connectivity index (χ4v) is 5.01. The molecule has 0 aliphatic heterocycles. The van der Waals surface area contributed by atoms with Gasteiger partial charge in [-0.15, -0.1) is 0 Å². The summed E-state index contributed by atoms with van der Waals surface area (Å²) in [6, 6.07) is 36.6. The molecule has 6 aromatic rings. The molecule has 0 unspecified atom stereocenters. The van der Waals surface area contributed by atoms with E-state index in [1.54, 1.807) is 0 Å². The summed E-state index contributed by atoms with van der Waals surface area (Å²) in [5, 5.41) is 2.25. The molecule has 0 aliphatic rings. The van der Waals surface area contributed by atoms with Crippen LogP contribution in [0.1, 0.15) is 28.1 Å². The monoisotopic (exact) mass is 476 g/mol. The molecule has 37 heavy (non-hydrogen) atoms. The van der Waals surface area contributed by atoms with Crippen LogP contribution in [0.5, 0.6) is 0 Å². The van der Waals surface area contributed by atoms with Crippen molar-refractivity contribution in [3.05, 3.63) is 131 Å². The third kappa shape index (κ3) is 4.54. The van der Waals surface area contributed by atoms with Crippen LogP contribution in [0.4, 0.5) is 0 Å². The molecule has 0 spiro atoms. The zero-order valence-electron chi connectivity index (χ0n) is 21.4. The number of hydrogen-bond donors (Lipinski definition) is 0. The van der Waals surface area contributed by atoms with Gasteiger partial charge < -0.3 is 0 Å². The molecule has 4 aromatic carbocycles. The van der Waals surface area contributed by atoms with Crippen LogP contribution < -0.4 is 0 Å². The van der Waals surface area contributed by atoms with Gasteiger partial charge in [0.1, 0.15) is 0 Å². The van der Waals surface area contributed by atoms with Crippen LogP contribution in [0.15, 0.2) is 103 Å². The van der Waals surface area contributed by atoms with Crippen molar-refractivity contribution in [2.24, 2.45) is 0 Å². The van der Waals surface area contributed by atoms with Gasteiger partial charge in [-0.05, 0) is 72.4 Å². The Hall–Kier alpha value is -4.56. The molecular weight excluding hydrogens is 448 g/mol. The first-order valence-electron chi connectivity index (χ1n) is 12.7. The topological polar surface area (TPSA) is 25.8 Å². The lowest BCUT2D eigenvalue weighted by Gasteiger charge is -2.14. The van der Waals surface area contributed by atoms with E-state index in [9.17, 15) is 0 Å². The summed E-state index contributed by atoms with van der Waals surface area (Å²) in [5.74, 6) is 0. The van der Waals surface area contributed by atoms with Gasteiger partial charge in [0, 0.05) is 22.2 Å². The fraction of sp³-hybridized carbons (Fsp3) is 0.0857. The van der Waals surface area contributed by atoms with Crippen LogP contribution in [0.3, 0.4) is 0 Å².